The predicted octanol–water partition coefficient (Wildman–Crippen LogP) is 4.37. The number of ether oxygens (including phenoxy) is 1. The lowest BCUT2D eigenvalue weighted by atomic mass is 9.74. The minimum atomic E-state index is -0.357. The summed E-state index contributed by atoms with van der Waals surface area (Å²) in [4.78, 5) is 0. The number of benzene rings is 1. The molecule has 0 fully saturated rings. The van der Waals surface area contributed by atoms with Crippen molar-refractivity contribution in [2.24, 2.45) is 0 Å². The monoisotopic (exact) mass is 245 g/mol. The smallest absolute Gasteiger partial charge is 0.122 e. The van der Waals surface area contributed by atoms with Gasteiger partial charge in [-0.25, -0.2) is 0 Å². The van der Waals surface area contributed by atoms with E-state index in [0.29, 0.717) is 0 Å². The summed E-state index contributed by atoms with van der Waals surface area (Å²) < 4.78 is 5.37. The van der Waals surface area contributed by atoms with E-state index in [4.69, 9.17) is 4.74 Å². The van der Waals surface area contributed by atoms with Gasteiger partial charge in [0.15, 0.2) is 0 Å². The standard InChI is InChI=1S/C16H23NO/c1-5-9-16(12-17,10-6-2)14-8-7-13(3)15(11-14)18-4/h7-8,11H,5-6,9-10H2,1-4H3. The van der Waals surface area contributed by atoms with E-state index in [-0.39, 0.29) is 5.41 Å². The van der Waals surface area contributed by atoms with Crippen molar-refractivity contribution in [3.05, 3.63) is 29.3 Å². The first-order valence-electron chi connectivity index (χ1n) is 6.70. The van der Waals surface area contributed by atoms with Crippen molar-refractivity contribution >= 4 is 0 Å². The topological polar surface area (TPSA) is 33.0 Å². The Hall–Kier alpha value is -1.49. The van der Waals surface area contributed by atoms with Crippen LogP contribution in [0.1, 0.15) is 50.7 Å². The van der Waals surface area contributed by atoms with E-state index in [1.165, 1.54) is 0 Å². The molecular weight excluding hydrogens is 222 g/mol. The lowest BCUT2D eigenvalue weighted by molar-refractivity contribution is 0.405. The number of aryl methyl sites for hydroxylation is 1. The number of hydrogen-bond acceptors (Lipinski definition) is 2. The van der Waals surface area contributed by atoms with Crippen molar-refractivity contribution in [1.29, 1.82) is 5.26 Å². The van der Waals surface area contributed by atoms with E-state index in [1.54, 1.807) is 7.11 Å². The van der Waals surface area contributed by atoms with E-state index in [0.717, 1.165) is 42.6 Å². The highest BCUT2D eigenvalue weighted by molar-refractivity contribution is 5.42. The highest BCUT2D eigenvalue weighted by atomic mass is 16.5. The highest BCUT2D eigenvalue weighted by Gasteiger charge is 2.30. The van der Waals surface area contributed by atoms with Crippen LogP contribution in [0.15, 0.2) is 18.2 Å². The van der Waals surface area contributed by atoms with Crippen LogP contribution in [0.3, 0.4) is 0 Å². The van der Waals surface area contributed by atoms with Crippen molar-refractivity contribution in [2.75, 3.05) is 7.11 Å². The Balaban J connectivity index is 3.24. The first-order chi connectivity index (χ1) is 8.63. The Labute approximate surface area is 111 Å². The zero-order chi connectivity index (χ0) is 13.6. The second kappa shape index (κ2) is 6.44. The fraction of sp³-hybridized carbons (Fsp3) is 0.562. The fourth-order valence-electron chi connectivity index (χ4n) is 2.56. The summed E-state index contributed by atoms with van der Waals surface area (Å²) in [6, 6.07) is 8.70. The van der Waals surface area contributed by atoms with Crippen molar-refractivity contribution < 1.29 is 4.74 Å². The number of methoxy groups -OCH3 is 1. The van der Waals surface area contributed by atoms with Gasteiger partial charge in [0.25, 0.3) is 0 Å². The van der Waals surface area contributed by atoms with E-state index in [1.807, 2.05) is 19.1 Å². The van der Waals surface area contributed by atoms with Gasteiger partial charge in [0, 0.05) is 0 Å². The molecule has 0 aromatic heterocycles. The summed E-state index contributed by atoms with van der Waals surface area (Å²) in [5, 5.41) is 9.63. The average molecular weight is 245 g/mol. The molecule has 0 atom stereocenters. The van der Waals surface area contributed by atoms with Gasteiger partial charge in [-0.15, -0.1) is 0 Å². The summed E-state index contributed by atoms with van der Waals surface area (Å²) in [6.07, 6.45) is 3.85. The van der Waals surface area contributed by atoms with Crippen LogP contribution in [0.25, 0.3) is 0 Å². The zero-order valence-corrected chi connectivity index (χ0v) is 11.9. The molecule has 0 aliphatic rings. The number of nitriles is 1. The van der Waals surface area contributed by atoms with Crippen LogP contribution in [-0.2, 0) is 5.41 Å². The Bertz CT molecular complexity index is 425. The SMILES string of the molecule is CCCC(C#N)(CCC)c1ccc(C)c(OC)c1. The van der Waals surface area contributed by atoms with Crippen molar-refractivity contribution in [3.63, 3.8) is 0 Å². The van der Waals surface area contributed by atoms with Crippen molar-refractivity contribution in [3.8, 4) is 11.8 Å². The Morgan fingerprint density at radius 3 is 2.28 bits per heavy atom. The van der Waals surface area contributed by atoms with Crippen LogP contribution in [0.5, 0.6) is 5.75 Å². The van der Waals surface area contributed by atoms with Crippen molar-refractivity contribution in [1.82, 2.24) is 0 Å². The van der Waals surface area contributed by atoms with Crippen molar-refractivity contribution in [2.45, 2.75) is 51.9 Å². The number of hydrogen-bond donors (Lipinski definition) is 0. The molecule has 2 nitrogen and oxygen atoms in total. The molecule has 0 aliphatic heterocycles. The van der Waals surface area contributed by atoms with Crippen LogP contribution in [0.4, 0.5) is 0 Å². The highest BCUT2D eigenvalue weighted by Crippen LogP contribution is 2.36. The summed E-state index contributed by atoms with van der Waals surface area (Å²) in [6.45, 7) is 6.29. The summed E-state index contributed by atoms with van der Waals surface area (Å²) in [7, 11) is 1.68. The quantitative estimate of drug-likeness (QED) is 0.745. The maximum atomic E-state index is 9.63. The molecule has 98 valence electrons. The minimum Gasteiger partial charge on any atom is -0.496 e. The molecular formula is C16H23NO. The maximum absolute atomic E-state index is 9.63. The molecule has 0 bridgehead atoms. The van der Waals surface area contributed by atoms with Crippen LogP contribution < -0.4 is 4.74 Å². The van der Waals surface area contributed by atoms with Gasteiger partial charge in [0.1, 0.15) is 5.75 Å². The molecule has 1 rings (SSSR count). The fourth-order valence-corrected chi connectivity index (χ4v) is 2.56. The normalized spacial score (nSPS) is 11.1. The van der Waals surface area contributed by atoms with E-state index >= 15 is 0 Å². The van der Waals surface area contributed by atoms with E-state index in [9.17, 15) is 5.26 Å². The average Bonchev–Trinajstić information content (AvgIpc) is 2.39. The van der Waals surface area contributed by atoms with Gasteiger partial charge in [-0.05, 0) is 37.0 Å². The van der Waals surface area contributed by atoms with Crippen LogP contribution in [-0.4, -0.2) is 7.11 Å². The van der Waals surface area contributed by atoms with Crippen LogP contribution in [0, 0.1) is 18.3 Å². The van der Waals surface area contributed by atoms with Gasteiger partial charge in [-0.2, -0.15) is 5.26 Å². The summed E-state index contributed by atoms with van der Waals surface area (Å²) in [5.41, 5.74) is 1.85. The molecule has 0 unspecified atom stereocenters. The van der Waals surface area contributed by atoms with E-state index in [2.05, 4.69) is 26.0 Å². The Kier molecular flexibility index (Phi) is 5.22. The van der Waals surface area contributed by atoms with Gasteiger partial charge in [0.2, 0.25) is 0 Å². The summed E-state index contributed by atoms with van der Waals surface area (Å²) >= 11 is 0. The minimum absolute atomic E-state index is 0.357. The molecule has 0 aliphatic carbocycles. The van der Waals surface area contributed by atoms with Gasteiger partial charge < -0.3 is 4.74 Å². The van der Waals surface area contributed by atoms with Gasteiger partial charge in [-0.3, -0.25) is 0 Å². The molecule has 1 aromatic carbocycles. The summed E-state index contributed by atoms with van der Waals surface area (Å²) in [5.74, 6) is 0.874. The maximum Gasteiger partial charge on any atom is 0.122 e. The molecule has 0 saturated heterocycles. The second-order valence-electron chi connectivity index (χ2n) is 4.88. The van der Waals surface area contributed by atoms with Gasteiger partial charge >= 0.3 is 0 Å². The molecule has 0 saturated carbocycles. The lowest BCUT2D eigenvalue weighted by Crippen LogP contribution is -2.24. The van der Waals surface area contributed by atoms with Gasteiger partial charge in [0.05, 0.1) is 18.6 Å². The molecule has 0 heterocycles. The third kappa shape index (κ3) is 2.85. The van der Waals surface area contributed by atoms with Crippen LogP contribution >= 0.6 is 0 Å². The third-order valence-corrected chi connectivity index (χ3v) is 3.53. The number of nitrogens with zero attached hydrogens (tertiary/aromatic N) is 1. The molecule has 18 heavy (non-hydrogen) atoms. The Morgan fingerprint density at radius 1 is 1.22 bits per heavy atom. The molecule has 0 spiro atoms. The molecule has 0 radical (unpaired) electrons. The van der Waals surface area contributed by atoms with Crippen LogP contribution in [0.2, 0.25) is 0 Å². The first kappa shape index (κ1) is 14.6. The zero-order valence-electron chi connectivity index (χ0n) is 11.9. The first-order valence-corrected chi connectivity index (χ1v) is 6.70. The molecule has 0 amide bonds. The largest absolute Gasteiger partial charge is 0.496 e. The second-order valence-corrected chi connectivity index (χ2v) is 4.88. The predicted molar refractivity (Wildman–Crippen MR) is 74.8 cm³/mol. The van der Waals surface area contributed by atoms with Gasteiger partial charge in [-0.1, -0.05) is 38.8 Å². The lowest BCUT2D eigenvalue weighted by Gasteiger charge is -2.27. The Morgan fingerprint density at radius 2 is 1.83 bits per heavy atom. The molecule has 0 N–H and O–H groups in total. The molecule has 2 heteroatoms. The number of rotatable bonds is 6. The third-order valence-electron chi connectivity index (χ3n) is 3.53. The molecule has 1 aromatic rings. The van der Waals surface area contributed by atoms with E-state index < -0.39 is 0 Å².